The van der Waals surface area contributed by atoms with Crippen molar-refractivity contribution >= 4 is 11.9 Å². The van der Waals surface area contributed by atoms with E-state index in [4.69, 9.17) is 17.2 Å². The van der Waals surface area contributed by atoms with E-state index in [9.17, 15) is 14.7 Å². The number of rotatable bonds is 13. The number of aliphatic carboxylic acids is 1. The molecule has 3 aromatic rings. The first kappa shape index (κ1) is 28.1. The fourth-order valence-electron chi connectivity index (χ4n) is 5.05. The summed E-state index contributed by atoms with van der Waals surface area (Å²) in [6, 6.07) is 27.5. The highest BCUT2D eigenvalue weighted by atomic mass is 16.4. The smallest absolute Gasteiger partial charge is 0.329 e. The van der Waals surface area contributed by atoms with Gasteiger partial charge in [-0.15, -0.1) is 0 Å². The maximum atomic E-state index is 14.4. The Balaban J connectivity index is 2.21. The lowest BCUT2D eigenvalue weighted by molar-refractivity contribution is -0.166. The van der Waals surface area contributed by atoms with E-state index in [1.807, 2.05) is 91.0 Å². The second kappa shape index (κ2) is 12.6. The molecule has 7 heteroatoms. The monoisotopic (exact) mass is 502 g/mol. The fraction of sp³-hybridized carbons (Fsp3) is 0.333. The zero-order chi connectivity index (χ0) is 26.9. The van der Waals surface area contributed by atoms with Gasteiger partial charge in [-0.05, 0) is 55.8 Å². The molecule has 0 saturated carbocycles. The fourth-order valence-corrected chi connectivity index (χ4v) is 5.05. The molecule has 3 rings (SSSR count). The Hall–Kier alpha value is -3.52. The number of carbonyl (C=O) groups excluding carboxylic acids is 1. The molecule has 3 aromatic carbocycles. The average molecular weight is 503 g/mol. The van der Waals surface area contributed by atoms with Crippen molar-refractivity contribution in [2.24, 2.45) is 17.2 Å². The largest absolute Gasteiger partial charge is 0.480 e. The Morgan fingerprint density at radius 2 is 1.35 bits per heavy atom. The van der Waals surface area contributed by atoms with E-state index in [1.165, 1.54) is 4.90 Å². The minimum Gasteiger partial charge on any atom is -0.480 e. The summed E-state index contributed by atoms with van der Waals surface area (Å²) in [7, 11) is 0. The third-order valence-electron chi connectivity index (χ3n) is 7.13. The number of amides is 1. The van der Waals surface area contributed by atoms with Crippen LogP contribution in [0.2, 0.25) is 0 Å². The van der Waals surface area contributed by atoms with Crippen LogP contribution in [-0.4, -0.2) is 46.6 Å². The summed E-state index contributed by atoms with van der Waals surface area (Å²) in [5.41, 5.74) is 18.5. The van der Waals surface area contributed by atoms with E-state index in [1.54, 1.807) is 6.92 Å². The van der Waals surface area contributed by atoms with Crippen LogP contribution in [0.1, 0.15) is 42.9 Å². The van der Waals surface area contributed by atoms with E-state index in [0.717, 1.165) is 5.56 Å². The first-order valence-electron chi connectivity index (χ1n) is 12.7. The second-order valence-electron chi connectivity index (χ2n) is 9.57. The predicted octanol–water partition coefficient (Wildman–Crippen LogP) is 3.26. The molecular weight excluding hydrogens is 464 g/mol. The Morgan fingerprint density at radius 3 is 1.78 bits per heavy atom. The van der Waals surface area contributed by atoms with Crippen LogP contribution < -0.4 is 17.2 Å². The highest BCUT2D eigenvalue weighted by Crippen LogP contribution is 2.42. The maximum Gasteiger partial charge on any atom is 0.329 e. The Bertz CT molecular complexity index is 1100. The molecule has 0 aliphatic heterocycles. The highest BCUT2D eigenvalue weighted by Gasteiger charge is 2.54. The van der Waals surface area contributed by atoms with Gasteiger partial charge in [0.2, 0.25) is 5.91 Å². The van der Waals surface area contributed by atoms with Crippen molar-refractivity contribution in [3.8, 4) is 0 Å². The van der Waals surface area contributed by atoms with E-state index in [2.05, 4.69) is 0 Å². The molecule has 0 aliphatic rings. The molecule has 0 radical (unpaired) electrons. The normalized spacial score (nSPS) is 13.9. The van der Waals surface area contributed by atoms with Gasteiger partial charge in [0.25, 0.3) is 0 Å². The van der Waals surface area contributed by atoms with Crippen molar-refractivity contribution in [2.75, 3.05) is 13.1 Å². The minimum absolute atomic E-state index is 0.0380. The molecule has 0 fully saturated rings. The van der Waals surface area contributed by atoms with Crippen LogP contribution in [0.15, 0.2) is 91.0 Å². The summed E-state index contributed by atoms with van der Waals surface area (Å²) < 4.78 is 0. The third-order valence-corrected chi connectivity index (χ3v) is 7.13. The van der Waals surface area contributed by atoms with E-state index in [-0.39, 0.29) is 19.5 Å². The molecule has 0 unspecified atom stereocenters. The Morgan fingerprint density at radius 1 is 0.865 bits per heavy atom. The van der Waals surface area contributed by atoms with Crippen molar-refractivity contribution in [3.05, 3.63) is 108 Å². The van der Waals surface area contributed by atoms with Crippen molar-refractivity contribution in [3.63, 3.8) is 0 Å². The molecular formula is C30H38N4O3. The molecule has 1 amide bonds. The predicted molar refractivity (Wildman–Crippen MR) is 147 cm³/mol. The van der Waals surface area contributed by atoms with Gasteiger partial charge in [-0.25, -0.2) is 4.79 Å². The second-order valence-corrected chi connectivity index (χ2v) is 9.57. The van der Waals surface area contributed by atoms with Gasteiger partial charge in [0.05, 0.1) is 6.04 Å². The highest BCUT2D eigenvalue weighted by molar-refractivity contribution is 5.91. The lowest BCUT2D eigenvalue weighted by Gasteiger charge is -2.52. The summed E-state index contributed by atoms with van der Waals surface area (Å²) in [6.07, 6.45) is 1.50. The van der Waals surface area contributed by atoms with Gasteiger partial charge in [-0.2, -0.15) is 0 Å². The number of carbonyl (C=O) groups is 2. The van der Waals surface area contributed by atoms with Crippen LogP contribution in [0.3, 0.4) is 0 Å². The summed E-state index contributed by atoms with van der Waals surface area (Å²) in [5, 5.41) is 10.6. The zero-order valence-corrected chi connectivity index (χ0v) is 21.4. The summed E-state index contributed by atoms with van der Waals surface area (Å²) in [5.74, 6) is -1.59. The van der Waals surface area contributed by atoms with Crippen LogP contribution in [-0.2, 0) is 21.5 Å². The number of nitrogens with two attached hydrogens (primary N) is 3. The molecule has 0 spiro atoms. The number of hydrogen-bond donors (Lipinski definition) is 4. The van der Waals surface area contributed by atoms with Crippen LogP contribution in [0, 0.1) is 0 Å². The SMILES string of the molecule is C[C@](CCCN)(C(=O)O)N(C(=O)[C@@H](N)CCc1ccccc1)C(CN)(c1ccccc1)c1ccccc1. The lowest BCUT2D eigenvalue weighted by atomic mass is 9.76. The summed E-state index contributed by atoms with van der Waals surface area (Å²) in [6.45, 7) is 1.82. The first-order valence-corrected chi connectivity index (χ1v) is 12.7. The van der Waals surface area contributed by atoms with Gasteiger partial charge in [-0.1, -0.05) is 91.0 Å². The summed E-state index contributed by atoms with van der Waals surface area (Å²) in [4.78, 5) is 28.8. The van der Waals surface area contributed by atoms with Gasteiger partial charge in [-0.3, -0.25) is 4.79 Å². The Kier molecular flexibility index (Phi) is 9.58. The molecule has 7 N–H and O–H groups in total. The number of carboxylic acid groups (broad SMARTS) is 1. The van der Waals surface area contributed by atoms with E-state index < -0.39 is 29.0 Å². The molecule has 2 atom stereocenters. The molecule has 0 saturated heterocycles. The standard InChI is InChI=1S/C30H38N4O3/c1-29(28(36)37,20-11-21-31)34(27(35)26(33)19-18-23-12-5-2-6-13-23)30(22-32,24-14-7-3-8-15-24)25-16-9-4-10-17-25/h2-10,12-17,26H,11,18-22,31-33H2,1H3,(H,36,37)/t26-,29-/m0/s1. The van der Waals surface area contributed by atoms with Gasteiger partial charge in [0, 0.05) is 6.54 Å². The molecule has 0 aromatic heterocycles. The van der Waals surface area contributed by atoms with Crippen LogP contribution >= 0.6 is 0 Å². The maximum absolute atomic E-state index is 14.4. The number of benzene rings is 3. The van der Waals surface area contributed by atoms with Crippen molar-refractivity contribution in [1.82, 2.24) is 4.90 Å². The summed E-state index contributed by atoms with van der Waals surface area (Å²) >= 11 is 0. The number of nitrogens with zero attached hydrogens (tertiary/aromatic N) is 1. The molecule has 0 bridgehead atoms. The van der Waals surface area contributed by atoms with Gasteiger partial charge >= 0.3 is 5.97 Å². The molecule has 196 valence electrons. The molecule has 37 heavy (non-hydrogen) atoms. The van der Waals surface area contributed by atoms with Crippen LogP contribution in [0.4, 0.5) is 0 Å². The Labute approximate surface area is 219 Å². The number of hydrogen-bond acceptors (Lipinski definition) is 5. The average Bonchev–Trinajstić information content (AvgIpc) is 2.94. The van der Waals surface area contributed by atoms with E-state index >= 15 is 0 Å². The quantitative estimate of drug-likeness (QED) is 0.283. The minimum atomic E-state index is -1.62. The lowest BCUT2D eigenvalue weighted by Crippen LogP contribution is -2.68. The van der Waals surface area contributed by atoms with Crippen molar-refractivity contribution < 1.29 is 14.7 Å². The molecule has 7 nitrogen and oxygen atoms in total. The number of aryl methyl sites for hydroxylation is 1. The van der Waals surface area contributed by atoms with Crippen molar-refractivity contribution in [1.29, 1.82) is 0 Å². The molecule has 0 heterocycles. The van der Waals surface area contributed by atoms with Gasteiger partial charge in [0.15, 0.2) is 0 Å². The van der Waals surface area contributed by atoms with E-state index in [0.29, 0.717) is 30.4 Å². The third kappa shape index (κ3) is 5.91. The van der Waals surface area contributed by atoms with Crippen LogP contribution in [0.25, 0.3) is 0 Å². The zero-order valence-electron chi connectivity index (χ0n) is 21.4. The van der Waals surface area contributed by atoms with Gasteiger partial charge < -0.3 is 27.2 Å². The topological polar surface area (TPSA) is 136 Å². The first-order chi connectivity index (χ1) is 17.8. The van der Waals surface area contributed by atoms with Crippen LogP contribution in [0.5, 0.6) is 0 Å². The van der Waals surface area contributed by atoms with Gasteiger partial charge in [0.1, 0.15) is 11.1 Å². The van der Waals surface area contributed by atoms with Crippen molar-refractivity contribution in [2.45, 2.75) is 49.7 Å². The molecule has 0 aliphatic carbocycles. The number of carboxylic acids is 1.